The van der Waals surface area contributed by atoms with E-state index in [4.69, 9.17) is 4.74 Å². The second-order valence-corrected chi connectivity index (χ2v) is 5.11. The third-order valence-electron chi connectivity index (χ3n) is 3.87. The van der Waals surface area contributed by atoms with E-state index < -0.39 is 0 Å². The maximum Gasteiger partial charge on any atom is 0.163 e. The Morgan fingerprint density at radius 3 is 2.95 bits per heavy atom. The van der Waals surface area contributed by atoms with Crippen LogP contribution in [-0.2, 0) is 11.8 Å². The average molecular weight is 261 g/mol. The Balaban J connectivity index is 1.80. The number of aromatic nitrogens is 4. The zero-order chi connectivity index (χ0) is 13.2. The second kappa shape index (κ2) is 5.13. The standard InChI is InChI=1S/C13H19N5O/c1-9(10-3-5-19-6-4-10)17-12-11-7-16-18(2)13(11)15-8-14-12/h7-10H,3-6H2,1-2H3,(H,14,15,17). The molecule has 1 saturated heterocycles. The molecule has 2 aromatic rings. The highest BCUT2D eigenvalue weighted by molar-refractivity contribution is 5.86. The number of anilines is 1. The molecule has 0 saturated carbocycles. The third kappa shape index (κ3) is 2.40. The van der Waals surface area contributed by atoms with Gasteiger partial charge in [-0.2, -0.15) is 5.10 Å². The number of nitrogens with zero attached hydrogens (tertiary/aromatic N) is 4. The number of rotatable bonds is 3. The van der Waals surface area contributed by atoms with Crippen LogP contribution in [0.15, 0.2) is 12.5 Å². The summed E-state index contributed by atoms with van der Waals surface area (Å²) < 4.78 is 7.17. The molecule has 6 nitrogen and oxygen atoms in total. The van der Waals surface area contributed by atoms with Gasteiger partial charge in [-0.3, -0.25) is 4.68 Å². The fraction of sp³-hybridized carbons (Fsp3) is 0.615. The summed E-state index contributed by atoms with van der Waals surface area (Å²) in [5.41, 5.74) is 0.858. The summed E-state index contributed by atoms with van der Waals surface area (Å²) >= 11 is 0. The van der Waals surface area contributed by atoms with Gasteiger partial charge in [0.25, 0.3) is 0 Å². The third-order valence-corrected chi connectivity index (χ3v) is 3.87. The molecule has 19 heavy (non-hydrogen) atoms. The molecule has 0 aromatic carbocycles. The van der Waals surface area contributed by atoms with Crippen LogP contribution in [0.25, 0.3) is 11.0 Å². The van der Waals surface area contributed by atoms with Crippen LogP contribution in [0.4, 0.5) is 5.82 Å². The fourth-order valence-corrected chi connectivity index (χ4v) is 2.63. The van der Waals surface area contributed by atoms with Gasteiger partial charge in [-0.25, -0.2) is 9.97 Å². The Morgan fingerprint density at radius 2 is 2.16 bits per heavy atom. The summed E-state index contributed by atoms with van der Waals surface area (Å²) in [5, 5.41) is 8.71. The van der Waals surface area contributed by atoms with E-state index in [0.717, 1.165) is 42.9 Å². The molecule has 1 fully saturated rings. The van der Waals surface area contributed by atoms with Crippen LogP contribution in [0.1, 0.15) is 19.8 Å². The lowest BCUT2D eigenvalue weighted by Crippen LogP contribution is -2.31. The van der Waals surface area contributed by atoms with Crippen molar-refractivity contribution in [2.75, 3.05) is 18.5 Å². The van der Waals surface area contributed by atoms with Crippen molar-refractivity contribution in [2.24, 2.45) is 13.0 Å². The van der Waals surface area contributed by atoms with Crippen LogP contribution in [-0.4, -0.2) is 39.0 Å². The van der Waals surface area contributed by atoms with Gasteiger partial charge in [-0.05, 0) is 25.7 Å². The largest absolute Gasteiger partial charge is 0.381 e. The first-order valence-corrected chi connectivity index (χ1v) is 6.72. The molecule has 2 aromatic heterocycles. The minimum absolute atomic E-state index is 0.377. The van der Waals surface area contributed by atoms with Crippen molar-refractivity contribution in [3.05, 3.63) is 12.5 Å². The first-order valence-electron chi connectivity index (χ1n) is 6.72. The molecule has 0 spiro atoms. The highest BCUT2D eigenvalue weighted by Crippen LogP contribution is 2.24. The molecule has 1 aliphatic heterocycles. The first-order chi connectivity index (χ1) is 9.25. The van der Waals surface area contributed by atoms with Gasteiger partial charge in [0.15, 0.2) is 5.65 Å². The normalized spacial score (nSPS) is 18.6. The van der Waals surface area contributed by atoms with Crippen molar-refractivity contribution in [1.29, 1.82) is 0 Å². The Bertz CT molecular complexity index is 561. The summed E-state index contributed by atoms with van der Waals surface area (Å²) in [6, 6.07) is 0.377. The number of nitrogens with one attached hydrogen (secondary N) is 1. The zero-order valence-electron chi connectivity index (χ0n) is 11.3. The van der Waals surface area contributed by atoms with Crippen molar-refractivity contribution >= 4 is 16.9 Å². The minimum atomic E-state index is 0.377. The van der Waals surface area contributed by atoms with E-state index in [1.54, 1.807) is 11.0 Å². The topological polar surface area (TPSA) is 64.9 Å². The molecular formula is C13H19N5O. The Hall–Kier alpha value is -1.69. The van der Waals surface area contributed by atoms with Crippen LogP contribution >= 0.6 is 0 Å². The summed E-state index contributed by atoms with van der Waals surface area (Å²) in [4.78, 5) is 8.60. The quantitative estimate of drug-likeness (QED) is 0.909. The van der Waals surface area contributed by atoms with E-state index in [9.17, 15) is 0 Å². The van der Waals surface area contributed by atoms with E-state index in [2.05, 4.69) is 27.3 Å². The second-order valence-electron chi connectivity index (χ2n) is 5.11. The predicted octanol–water partition coefficient (Wildman–Crippen LogP) is 1.59. The fourth-order valence-electron chi connectivity index (χ4n) is 2.63. The summed E-state index contributed by atoms with van der Waals surface area (Å²) in [5.74, 6) is 1.51. The van der Waals surface area contributed by atoms with Gasteiger partial charge >= 0.3 is 0 Å². The summed E-state index contributed by atoms with van der Waals surface area (Å²) in [6.07, 6.45) is 5.61. The van der Waals surface area contributed by atoms with E-state index in [1.807, 2.05) is 13.2 Å². The monoisotopic (exact) mass is 261 g/mol. The van der Waals surface area contributed by atoms with Crippen LogP contribution in [0.5, 0.6) is 0 Å². The SMILES string of the molecule is CC(Nc1ncnc2c1cnn2C)C1CCOCC1. The van der Waals surface area contributed by atoms with Crippen molar-refractivity contribution in [3.8, 4) is 0 Å². The van der Waals surface area contributed by atoms with Crippen molar-refractivity contribution < 1.29 is 4.74 Å². The zero-order valence-corrected chi connectivity index (χ0v) is 11.3. The molecule has 3 heterocycles. The lowest BCUT2D eigenvalue weighted by Gasteiger charge is -2.28. The number of ether oxygens (including phenoxy) is 1. The van der Waals surface area contributed by atoms with Gasteiger partial charge in [-0.15, -0.1) is 0 Å². The molecule has 1 N–H and O–H groups in total. The van der Waals surface area contributed by atoms with Crippen LogP contribution in [0.3, 0.4) is 0 Å². The van der Waals surface area contributed by atoms with Gasteiger partial charge < -0.3 is 10.1 Å². The molecule has 0 aliphatic carbocycles. The van der Waals surface area contributed by atoms with Crippen LogP contribution in [0.2, 0.25) is 0 Å². The molecule has 1 unspecified atom stereocenters. The Morgan fingerprint density at radius 1 is 1.37 bits per heavy atom. The van der Waals surface area contributed by atoms with Crippen LogP contribution in [0, 0.1) is 5.92 Å². The van der Waals surface area contributed by atoms with E-state index >= 15 is 0 Å². The first kappa shape index (κ1) is 12.3. The van der Waals surface area contributed by atoms with Crippen molar-refractivity contribution in [3.63, 3.8) is 0 Å². The molecule has 0 bridgehead atoms. The van der Waals surface area contributed by atoms with Crippen molar-refractivity contribution in [2.45, 2.75) is 25.8 Å². The van der Waals surface area contributed by atoms with E-state index in [-0.39, 0.29) is 0 Å². The molecule has 0 amide bonds. The Kier molecular flexibility index (Phi) is 3.33. The maximum atomic E-state index is 5.41. The van der Waals surface area contributed by atoms with Gasteiger partial charge in [0.05, 0.1) is 11.6 Å². The van der Waals surface area contributed by atoms with Gasteiger partial charge in [0.2, 0.25) is 0 Å². The van der Waals surface area contributed by atoms with E-state index in [1.165, 1.54) is 0 Å². The summed E-state index contributed by atoms with van der Waals surface area (Å²) in [6.45, 7) is 3.94. The van der Waals surface area contributed by atoms with Gasteiger partial charge in [0.1, 0.15) is 12.1 Å². The van der Waals surface area contributed by atoms with Gasteiger partial charge in [-0.1, -0.05) is 0 Å². The number of fused-ring (bicyclic) bond motifs is 1. The molecule has 0 radical (unpaired) electrons. The number of hydrogen-bond acceptors (Lipinski definition) is 5. The molecule has 3 rings (SSSR count). The molecule has 6 heteroatoms. The lowest BCUT2D eigenvalue weighted by molar-refractivity contribution is 0.0622. The molecule has 1 atom stereocenters. The highest BCUT2D eigenvalue weighted by atomic mass is 16.5. The minimum Gasteiger partial charge on any atom is -0.381 e. The van der Waals surface area contributed by atoms with Gasteiger partial charge in [0, 0.05) is 26.3 Å². The maximum absolute atomic E-state index is 5.41. The van der Waals surface area contributed by atoms with E-state index in [0.29, 0.717) is 12.0 Å². The Labute approximate surface area is 112 Å². The number of hydrogen-bond donors (Lipinski definition) is 1. The molecule has 1 aliphatic rings. The highest BCUT2D eigenvalue weighted by Gasteiger charge is 2.21. The smallest absolute Gasteiger partial charge is 0.163 e. The van der Waals surface area contributed by atoms with Crippen LogP contribution < -0.4 is 5.32 Å². The molecule has 102 valence electrons. The van der Waals surface area contributed by atoms with Crippen molar-refractivity contribution in [1.82, 2.24) is 19.7 Å². The summed E-state index contributed by atoms with van der Waals surface area (Å²) in [7, 11) is 1.89. The lowest BCUT2D eigenvalue weighted by atomic mass is 9.93. The predicted molar refractivity (Wildman–Crippen MR) is 72.9 cm³/mol. The average Bonchev–Trinajstić information content (AvgIpc) is 2.83. The molecular weight excluding hydrogens is 242 g/mol. The number of aryl methyl sites for hydroxylation is 1.